The van der Waals surface area contributed by atoms with Crippen molar-refractivity contribution in [2.75, 3.05) is 47.5 Å². The van der Waals surface area contributed by atoms with Gasteiger partial charge >= 0.3 is 6.03 Å². The van der Waals surface area contributed by atoms with Crippen LogP contribution in [0.1, 0.15) is 30.9 Å². The highest BCUT2D eigenvalue weighted by Gasteiger charge is 2.49. The molecule has 2 aliphatic rings. The highest BCUT2D eigenvalue weighted by molar-refractivity contribution is 5.78. The summed E-state index contributed by atoms with van der Waals surface area (Å²) in [4.78, 5) is 19.8. The maximum atomic E-state index is 13.3. The molecule has 0 bridgehead atoms. The van der Waals surface area contributed by atoms with Crippen LogP contribution in [0.2, 0.25) is 0 Å². The van der Waals surface area contributed by atoms with Gasteiger partial charge in [-0.05, 0) is 55.2 Å². The van der Waals surface area contributed by atoms with Crippen LogP contribution in [0.25, 0.3) is 0 Å². The summed E-state index contributed by atoms with van der Waals surface area (Å²) >= 11 is 0. The van der Waals surface area contributed by atoms with Gasteiger partial charge in [-0.2, -0.15) is 0 Å². The Balaban J connectivity index is 1.42. The van der Waals surface area contributed by atoms with Gasteiger partial charge in [-0.25, -0.2) is 4.79 Å². The van der Waals surface area contributed by atoms with E-state index < -0.39 is 0 Å². The van der Waals surface area contributed by atoms with Gasteiger partial charge in [-0.15, -0.1) is 0 Å². The number of carbonyl (C=O) groups excluding carboxylic acids is 1. The normalized spacial score (nSPS) is 18.1. The zero-order valence-electron chi connectivity index (χ0n) is 20.2. The average molecular weight is 454 g/mol. The van der Waals surface area contributed by atoms with Gasteiger partial charge in [0, 0.05) is 45.3 Å². The predicted molar refractivity (Wildman–Crippen MR) is 128 cm³/mol. The van der Waals surface area contributed by atoms with Crippen molar-refractivity contribution < 1.29 is 19.0 Å². The van der Waals surface area contributed by atoms with Crippen LogP contribution >= 0.6 is 0 Å². The van der Waals surface area contributed by atoms with E-state index in [1.54, 1.807) is 21.3 Å². The molecule has 1 spiro atoms. The zero-order valence-corrected chi connectivity index (χ0v) is 20.2. The van der Waals surface area contributed by atoms with E-state index in [1.165, 1.54) is 5.56 Å². The minimum absolute atomic E-state index is 0.0900. The summed E-state index contributed by atoms with van der Waals surface area (Å²) in [7, 11) is 5.02. The Morgan fingerprint density at radius 2 is 1.48 bits per heavy atom. The van der Waals surface area contributed by atoms with E-state index in [2.05, 4.69) is 34.9 Å². The average Bonchev–Trinajstić information content (AvgIpc) is 3.10. The van der Waals surface area contributed by atoms with Gasteiger partial charge in [-0.1, -0.05) is 12.1 Å². The summed E-state index contributed by atoms with van der Waals surface area (Å²) in [6.45, 7) is 6.97. The van der Waals surface area contributed by atoms with Crippen molar-refractivity contribution in [3.8, 4) is 17.2 Å². The van der Waals surface area contributed by atoms with Crippen molar-refractivity contribution in [1.29, 1.82) is 0 Å². The standard InChI is InChI=1S/C26H35N3O4/c1-5-29-25(30)28(18-20-7-6-8-22(13-20)31-2)19-26(29)9-11-27(12-10-26)17-21-14-23(32-3)16-24(15-21)33-4/h6-8,13-16H,5,9-12,17-19H2,1-4H3. The zero-order chi connectivity index (χ0) is 23.4. The molecule has 0 aromatic heterocycles. The van der Waals surface area contributed by atoms with E-state index in [0.29, 0.717) is 6.54 Å². The minimum atomic E-state index is -0.0900. The SMILES string of the molecule is CCN1C(=O)N(Cc2cccc(OC)c2)CC12CCN(Cc1cc(OC)cc(OC)c1)CC2. The Hall–Kier alpha value is -2.93. The fraction of sp³-hybridized carbons (Fsp3) is 0.500. The lowest BCUT2D eigenvalue weighted by Gasteiger charge is -2.43. The molecule has 2 fully saturated rings. The molecular formula is C26H35N3O4. The first kappa shape index (κ1) is 23.2. The van der Waals surface area contributed by atoms with Crippen LogP contribution < -0.4 is 14.2 Å². The number of methoxy groups -OCH3 is 3. The van der Waals surface area contributed by atoms with E-state index >= 15 is 0 Å². The van der Waals surface area contributed by atoms with Crippen LogP contribution in [0.15, 0.2) is 42.5 Å². The maximum Gasteiger partial charge on any atom is 0.320 e. The van der Waals surface area contributed by atoms with Crippen LogP contribution in [-0.2, 0) is 13.1 Å². The molecule has 2 aromatic rings. The molecule has 0 aliphatic carbocycles. The first-order valence-corrected chi connectivity index (χ1v) is 11.6. The van der Waals surface area contributed by atoms with Gasteiger partial charge in [0.25, 0.3) is 0 Å². The van der Waals surface area contributed by atoms with Crippen molar-refractivity contribution in [3.05, 3.63) is 53.6 Å². The van der Waals surface area contributed by atoms with E-state index in [4.69, 9.17) is 14.2 Å². The Bertz CT molecular complexity index is 950. The highest BCUT2D eigenvalue weighted by atomic mass is 16.5. The largest absolute Gasteiger partial charge is 0.497 e. The number of amides is 2. The number of likely N-dealkylation sites (N-methyl/N-ethyl adjacent to an activating group) is 1. The number of likely N-dealkylation sites (tertiary alicyclic amines) is 1. The third-order valence-electron chi connectivity index (χ3n) is 6.99. The number of ether oxygens (including phenoxy) is 3. The van der Waals surface area contributed by atoms with Crippen LogP contribution in [0.4, 0.5) is 4.79 Å². The quantitative estimate of drug-likeness (QED) is 0.605. The van der Waals surface area contributed by atoms with Crippen LogP contribution in [-0.4, -0.2) is 73.8 Å². The number of hydrogen-bond donors (Lipinski definition) is 0. The van der Waals surface area contributed by atoms with E-state index in [9.17, 15) is 4.79 Å². The third kappa shape index (κ3) is 4.88. The molecule has 0 N–H and O–H groups in total. The first-order chi connectivity index (χ1) is 16.0. The molecule has 0 radical (unpaired) electrons. The van der Waals surface area contributed by atoms with Gasteiger partial charge < -0.3 is 24.0 Å². The van der Waals surface area contributed by atoms with E-state index in [0.717, 1.165) is 68.4 Å². The number of hydrogen-bond acceptors (Lipinski definition) is 5. The molecule has 4 rings (SSSR count). The first-order valence-electron chi connectivity index (χ1n) is 11.6. The summed E-state index contributed by atoms with van der Waals surface area (Å²) in [5, 5.41) is 0. The Morgan fingerprint density at radius 1 is 0.848 bits per heavy atom. The molecule has 33 heavy (non-hydrogen) atoms. The Labute approximate surface area is 196 Å². The Kier molecular flexibility index (Phi) is 6.98. The second-order valence-electron chi connectivity index (χ2n) is 8.96. The smallest absolute Gasteiger partial charge is 0.320 e. The van der Waals surface area contributed by atoms with Gasteiger partial charge in [0.2, 0.25) is 0 Å². The van der Waals surface area contributed by atoms with Gasteiger partial charge in [0.05, 0.1) is 26.9 Å². The third-order valence-corrected chi connectivity index (χ3v) is 6.99. The second-order valence-corrected chi connectivity index (χ2v) is 8.96. The lowest BCUT2D eigenvalue weighted by atomic mass is 9.86. The lowest BCUT2D eigenvalue weighted by molar-refractivity contribution is 0.0743. The molecule has 7 nitrogen and oxygen atoms in total. The van der Waals surface area contributed by atoms with Crippen LogP contribution in [0.3, 0.4) is 0 Å². The molecule has 0 saturated carbocycles. The molecule has 7 heteroatoms. The second kappa shape index (κ2) is 9.91. The summed E-state index contributed by atoms with van der Waals surface area (Å²) in [5.74, 6) is 2.44. The topological polar surface area (TPSA) is 54.5 Å². The molecule has 2 aliphatic heterocycles. The van der Waals surface area contributed by atoms with Crippen molar-refractivity contribution in [2.24, 2.45) is 0 Å². The summed E-state index contributed by atoms with van der Waals surface area (Å²) in [6, 6.07) is 14.2. The highest BCUT2D eigenvalue weighted by Crippen LogP contribution is 2.37. The Morgan fingerprint density at radius 3 is 2.09 bits per heavy atom. The molecule has 2 saturated heterocycles. The van der Waals surface area contributed by atoms with Crippen LogP contribution in [0.5, 0.6) is 17.2 Å². The molecule has 2 amide bonds. The lowest BCUT2D eigenvalue weighted by Crippen LogP contribution is -2.54. The number of rotatable bonds is 8. The minimum Gasteiger partial charge on any atom is -0.497 e. The van der Waals surface area contributed by atoms with Crippen LogP contribution in [0, 0.1) is 0 Å². The maximum absolute atomic E-state index is 13.3. The van der Waals surface area contributed by atoms with Crippen molar-refractivity contribution >= 4 is 6.03 Å². The van der Waals surface area contributed by atoms with Crippen molar-refractivity contribution in [3.63, 3.8) is 0 Å². The fourth-order valence-electron chi connectivity index (χ4n) is 5.24. The molecule has 2 aromatic carbocycles. The van der Waals surface area contributed by atoms with Gasteiger partial charge in [0.15, 0.2) is 0 Å². The molecule has 178 valence electrons. The number of nitrogens with zero attached hydrogens (tertiary/aromatic N) is 3. The summed E-state index contributed by atoms with van der Waals surface area (Å²) in [5.41, 5.74) is 2.18. The van der Waals surface area contributed by atoms with Gasteiger partial charge in [0.1, 0.15) is 17.2 Å². The summed E-state index contributed by atoms with van der Waals surface area (Å²) in [6.07, 6.45) is 1.95. The summed E-state index contributed by atoms with van der Waals surface area (Å²) < 4.78 is 16.2. The number of benzene rings is 2. The van der Waals surface area contributed by atoms with Gasteiger partial charge in [-0.3, -0.25) is 4.90 Å². The fourth-order valence-corrected chi connectivity index (χ4v) is 5.24. The van der Waals surface area contributed by atoms with Crippen molar-refractivity contribution in [1.82, 2.24) is 14.7 Å². The molecule has 0 atom stereocenters. The van der Waals surface area contributed by atoms with Crippen molar-refractivity contribution in [2.45, 2.75) is 38.4 Å². The molecule has 0 unspecified atom stereocenters. The molecule has 2 heterocycles. The number of piperidine rings is 1. The number of urea groups is 1. The monoisotopic (exact) mass is 453 g/mol. The number of carbonyl (C=O) groups is 1. The predicted octanol–water partition coefficient (Wildman–Crippen LogP) is 4.00. The molecular weight excluding hydrogens is 418 g/mol. The van der Waals surface area contributed by atoms with E-state index in [-0.39, 0.29) is 11.6 Å². The van der Waals surface area contributed by atoms with E-state index in [1.807, 2.05) is 29.2 Å².